The smallest absolute Gasteiger partial charge is 0.272 e. The second-order valence-electron chi connectivity index (χ2n) is 7.05. The van der Waals surface area contributed by atoms with Gasteiger partial charge in [0.2, 0.25) is 0 Å². The molecular formula is C23H23N5O. The molecule has 2 aromatic carbocycles. The number of rotatable bonds is 5. The fraction of sp³-hybridized carbons (Fsp3) is 0.174. The van der Waals surface area contributed by atoms with Crippen LogP contribution in [0.15, 0.2) is 72.9 Å². The Balaban J connectivity index is 1.53. The first kappa shape index (κ1) is 18.7. The third-order valence-electron chi connectivity index (χ3n) is 4.98. The van der Waals surface area contributed by atoms with Gasteiger partial charge in [-0.25, -0.2) is 9.36 Å². The number of aryl methyl sites for hydroxylation is 1. The van der Waals surface area contributed by atoms with Crippen LogP contribution in [0.2, 0.25) is 0 Å². The maximum Gasteiger partial charge on any atom is 0.272 e. The highest BCUT2D eigenvalue weighted by Crippen LogP contribution is 2.21. The molecule has 0 spiro atoms. The molecule has 2 aromatic heterocycles. The van der Waals surface area contributed by atoms with Crippen LogP contribution in [0.3, 0.4) is 0 Å². The SMILES string of the molecule is Cc1cc(C(=O)NC(C)c2cnn(-c3ccccc3)c2C)nn1-c1ccccc1. The van der Waals surface area contributed by atoms with Crippen molar-refractivity contribution in [2.24, 2.45) is 0 Å². The number of carbonyl (C=O) groups is 1. The fourth-order valence-electron chi connectivity index (χ4n) is 3.44. The number of amides is 1. The van der Waals surface area contributed by atoms with Gasteiger partial charge in [-0.05, 0) is 51.1 Å². The Morgan fingerprint density at radius 3 is 2.14 bits per heavy atom. The van der Waals surface area contributed by atoms with Crippen molar-refractivity contribution in [3.63, 3.8) is 0 Å². The van der Waals surface area contributed by atoms with Crippen LogP contribution in [0.4, 0.5) is 0 Å². The Labute approximate surface area is 169 Å². The van der Waals surface area contributed by atoms with E-state index in [1.165, 1.54) is 0 Å². The van der Waals surface area contributed by atoms with Crippen LogP contribution in [0, 0.1) is 13.8 Å². The van der Waals surface area contributed by atoms with E-state index < -0.39 is 0 Å². The summed E-state index contributed by atoms with van der Waals surface area (Å²) < 4.78 is 3.66. The van der Waals surface area contributed by atoms with Crippen molar-refractivity contribution in [3.05, 3.63) is 95.6 Å². The number of nitrogens with one attached hydrogen (secondary N) is 1. The van der Waals surface area contributed by atoms with E-state index in [0.29, 0.717) is 5.69 Å². The Morgan fingerprint density at radius 2 is 1.52 bits per heavy atom. The summed E-state index contributed by atoms with van der Waals surface area (Å²) in [4.78, 5) is 12.8. The second-order valence-corrected chi connectivity index (χ2v) is 7.05. The van der Waals surface area contributed by atoms with Gasteiger partial charge in [0.15, 0.2) is 5.69 Å². The molecule has 2 heterocycles. The zero-order valence-corrected chi connectivity index (χ0v) is 16.7. The van der Waals surface area contributed by atoms with Crippen molar-refractivity contribution in [1.29, 1.82) is 0 Å². The minimum absolute atomic E-state index is 0.192. The van der Waals surface area contributed by atoms with Crippen molar-refractivity contribution in [3.8, 4) is 11.4 Å². The van der Waals surface area contributed by atoms with E-state index in [0.717, 1.165) is 28.3 Å². The summed E-state index contributed by atoms with van der Waals surface area (Å²) in [6.45, 7) is 5.90. The summed E-state index contributed by atoms with van der Waals surface area (Å²) in [5.74, 6) is -0.206. The van der Waals surface area contributed by atoms with Gasteiger partial charge in [0.25, 0.3) is 5.91 Å². The summed E-state index contributed by atoms with van der Waals surface area (Å²) >= 11 is 0. The molecular weight excluding hydrogens is 362 g/mol. The molecule has 0 bridgehead atoms. The highest BCUT2D eigenvalue weighted by Gasteiger charge is 2.19. The minimum Gasteiger partial charge on any atom is -0.344 e. The number of nitrogens with zero attached hydrogens (tertiary/aromatic N) is 4. The Kier molecular flexibility index (Phi) is 4.99. The van der Waals surface area contributed by atoms with Gasteiger partial charge in [-0.2, -0.15) is 10.2 Å². The maximum atomic E-state index is 12.8. The third-order valence-corrected chi connectivity index (χ3v) is 4.98. The predicted molar refractivity (Wildman–Crippen MR) is 112 cm³/mol. The third kappa shape index (κ3) is 3.69. The van der Waals surface area contributed by atoms with Crippen LogP contribution >= 0.6 is 0 Å². The maximum absolute atomic E-state index is 12.8. The van der Waals surface area contributed by atoms with Gasteiger partial charge in [0.05, 0.1) is 23.6 Å². The van der Waals surface area contributed by atoms with Crippen molar-refractivity contribution < 1.29 is 4.79 Å². The molecule has 0 radical (unpaired) electrons. The van der Waals surface area contributed by atoms with E-state index in [1.807, 2.05) is 86.1 Å². The Hall–Kier alpha value is -3.67. The normalized spacial score (nSPS) is 12.0. The summed E-state index contributed by atoms with van der Waals surface area (Å²) in [6, 6.07) is 21.3. The zero-order chi connectivity index (χ0) is 20.4. The molecule has 4 rings (SSSR count). The van der Waals surface area contributed by atoms with E-state index in [2.05, 4.69) is 15.5 Å². The predicted octanol–water partition coefficient (Wildman–Crippen LogP) is 4.17. The molecule has 0 aliphatic heterocycles. The lowest BCUT2D eigenvalue weighted by Gasteiger charge is -2.13. The molecule has 1 amide bonds. The first-order valence-electron chi connectivity index (χ1n) is 9.57. The molecule has 29 heavy (non-hydrogen) atoms. The molecule has 146 valence electrons. The number of benzene rings is 2. The zero-order valence-electron chi connectivity index (χ0n) is 16.7. The average Bonchev–Trinajstić information content (AvgIpc) is 3.32. The van der Waals surface area contributed by atoms with Crippen molar-refractivity contribution in [2.45, 2.75) is 26.8 Å². The van der Waals surface area contributed by atoms with Crippen LogP contribution < -0.4 is 5.32 Å². The van der Waals surface area contributed by atoms with Gasteiger partial charge in [0.1, 0.15) is 0 Å². The van der Waals surface area contributed by atoms with Crippen LogP contribution in [0.5, 0.6) is 0 Å². The Bertz CT molecular complexity index is 1130. The van der Waals surface area contributed by atoms with Crippen molar-refractivity contribution >= 4 is 5.91 Å². The molecule has 0 saturated heterocycles. The monoisotopic (exact) mass is 385 g/mol. The number of hydrogen-bond acceptors (Lipinski definition) is 3. The van der Waals surface area contributed by atoms with E-state index in [1.54, 1.807) is 16.9 Å². The van der Waals surface area contributed by atoms with E-state index in [4.69, 9.17) is 0 Å². The van der Waals surface area contributed by atoms with E-state index >= 15 is 0 Å². The molecule has 0 aliphatic rings. The van der Waals surface area contributed by atoms with Crippen molar-refractivity contribution in [1.82, 2.24) is 24.9 Å². The molecule has 6 heteroatoms. The van der Waals surface area contributed by atoms with Gasteiger partial charge < -0.3 is 5.32 Å². The van der Waals surface area contributed by atoms with E-state index in [-0.39, 0.29) is 11.9 Å². The first-order valence-corrected chi connectivity index (χ1v) is 9.57. The molecule has 4 aromatic rings. The number of aromatic nitrogens is 4. The van der Waals surface area contributed by atoms with Gasteiger partial charge >= 0.3 is 0 Å². The highest BCUT2D eigenvalue weighted by atomic mass is 16.2. The largest absolute Gasteiger partial charge is 0.344 e. The topological polar surface area (TPSA) is 64.7 Å². The van der Waals surface area contributed by atoms with Gasteiger partial charge in [-0.1, -0.05) is 36.4 Å². The highest BCUT2D eigenvalue weighted by molar-refractivity contribution is 5.92. The van der Waals surface area contributed by atoms with Gasteiger partial charge in [-0.3, -0.25) is 4.79 Å². The minimum atomic E-state index is -0.206. The summed E-state index contributed by atoms with van der Waals surface area (Å²) in [7, 11) is 0. The van der Waals surface area contributed by atoms with Crippen LogP contribution in [-0.4, -0.2) is 25.5 Å². The summed E-state index contributed by atoms with van der Waals surface area (Å²) in [5.41, 5.74) is 5.19. The van der Waals surface area contributed by atoms with Crippen LogP contribution in [0.25, 0.3) is 11.4 Å². The van der Waals surface area contributed by atoms with Gasteiger partial charge in [-0.15, -0.1) is 0 Å². The van der Waals surface area contributed by atoms with E-state index in [9.17, 15) is 4.79 Å². The van der Waals surface area contributed by atoms with Gasteiger partial charge in [0, 0.05) is 17.0 Å². The average molecular weight is 385 g/mol. The first-order chi connectivity index (χ1) is 14.0. The number of hydrogen-bond donors (Lipinski definition) is 1. The quantitative estimate of drug-likeness (QED) is 0.561. The molecule has 6 nitrogen and oxygen atoms in total. The molecule has 1 unspecified atom stereocenters. The molecule has 0 fully saturated rings. The molecule has 0 saturated carbocycles. The Morgan fingerprint density at radius 1 is 0.931 bits per heavy atom. The van der Waals surface area contributed by atoms with Crippen LogP contribution in [0.1, 0.15) is 40.4 Å². The second kappa shape index (κ2) is 7.75. The molecule has 1 N–H and O–H groups in total. The lowest BCUT2D eigenvalue weighted by Crippen LogP contribution is -2.27. The number of carbonyl (C=O) groups excluding carboxylic acids is 1. The number of para-hydroxylation sites is 2. The van der Waals surface area contributed by atoms with Crippen molar-refractivity contribution in [2.75, 3.05) is 0 Å². The lowest BCUT2D eigenvalue weighted by atomic mass is 10.1. The fourth-order valence-corrected chi connectivity index (χ4v) is 3.44. The summed E-state index contributed by atoms with van der Waals surface area (Å²) in [6.07, 6.45) is 1.81. The lowest BCUT2D eigenvalue weighted by molar-refractivity contribution is 0.0934. The molecule has 1 atom stereocenters. The van der Waals surface area contributed by atoms with Crippen LogP contribution in [-0.2, 0) is 0 Å². The standard InChI is InChI=1S/C23H23N5O/c1-16-14-22(26-27(16)19-10-6-4-7-11-19)23(29)25-17(2)21-15-24-28(18(21)3)20-12-8-5-9-13-20/h4-15,17H,1-3H3,(H,25,29). The summed E-state index contributed by atoms with van der Waals surface area (Å²) in [5, 5.41) is 12.0. The molecule has 0 aliphatic carbocycles.